The molecule has 5 heteroatoms. The zero-order valence-corrected chi connectivity index (χ0v) is 20.4. The molecule has 2 aliphatic rings. The number of aryl methyl sites for hydroxylation is 1. The van der Waals surface area contributed by atoms with E-state index in [1.807, 2.05) is 24.3 Å². The third-order valence-electron chi connectivity index (χ3n) is 7.35. The minimum atomic E-state index is -0.922. The molecule has 3 aromatic rings. The molecule has 1 saturated heterocycles. The highest BCUT2D eigenvalue weighted by molar-refractivity contribution is 6.01. The maximum atomic E-state index is 11.3. The topological polar surface area (TPSA) is 64.0 Å². The van der Waals surface area contributed by atoms with E-state index in [1.165, 1.54) is 16.8 Å². The Morgan fingerprint density at radius 2 is 1.49 bits per heavy atom. The quantitative estimate of drug-likeness (QED) is 0.516. The van der Waals surface area contributed by atoms with E-state index in [2.05, 4.69) is 47.9 Å². The molecule has 0 spiro atoms. The summed E-state index contributed by atoms with van der Waals surface area (Å²) in [4.78, 5) is 16.3. The zero-order valence-electron chi connectivity index (χ0n) is 20.4. The van der Waals surface area contributed by atoms with E-state index < -0.39 is 5.97 Å². The molecule has 0 atom stereocenters. The van der Waals surface area contributed by atoms with Crippen LogP contribution in [0, 0.1) is 0 Å². The van der Waals surface area contributed by atoms with Crippen LogP contribution in [0.15, 0.2) is 66.7 Å². The standard InChI is InChI=1S/C30H32N2O3/c1-20(2)31-15-17-32(18-16-31)25-11-7-23(8-12-25)29-27(21-3-5-24(6-4-21)30(34)35)14-10-22-9-13-26(33)19-28(22)29/h3-9,11-13,19-20,33H,10,14-18H2,1-2H3,(H,34,35). The first-order valence-electron chi connectivity index (χ1n) is 12.4. The highest BCUT2D eigenvalue weighted by atomic mass is 16.4. The molecular weight excluding hydrogens is 436 g/mol. The first kappa shape index (κ1) is 23.2. The van der Waals surface area contributed by atoms with Crippen LogP contribution in [0.4, 0.5) is 5.69 Å². The third kappa shape index (κ3) is 4.69. The van der Waals surface area contributed by atoms with Crippen molar-refractivity contribution in [2.75, 3.05) is 31.1 Å². The average molecular weight is 469 g/mol. The predicted molar refractivity (Wildman–Crippen MR) is 141 cm³/mol. The van der Waals surface area contributed by atoms with E-state index in [4.69, 9.17) is 0 Å². The molecule has 0 unspecified atom stereocenters. The molecule has 0 saturated carbocycles. The second kappa shape index (κ2) is 9.59. The minimum absolute atomic E-state index is 0.253. The van der Waals surface area contributed by atoms with Gasteiger partial charge in [-0.1, -0.05) is 30.3 Å². The number of aromatic hydroxyl groups is 1. The molecule has 1 heterocycles. The van der Waals surface area contributed by atoms with E-state index in [9.17, 15) is 15.0 Å². The molecular formula is C30H32N2O3. The second-order valence-electron chi connectivity index (χ2n) is 9.74. The van der Waals surface area contributed by atoms with Crippen molar-refractivity contribution in [2.24, 2.45) is 0 Å². The number of nitrogens with zero attached hydrogens (tertiary/aromatic N) is 2. The maximum absolute atomic E-state index is 11.3. The van der Waals surface area contributed by atoms with Crippen molar-refractivity contribution < 1.29 is 15.0 Å². The first-order valence-corrected chi connectivity index (χ1v) is 12.4. The van der Waals surface area contributed by atoms with Gasteiger partial charge in [0.25, 0.3) is 0 Å². The summed E-state index contributed by atoms with van der Waals surface area (Å²) in [7, 11) is 0. The number of carbonyl (C=O) groups is 1. The van der Waals surface area contributed by atoms with Crippen LogP contribution in [-0.4, -0.2) is 53.3 Å². The number of rotatable bonds is 5. The fourth-order valence-corrected chi connectivity index (χ4v) is 5.33. The summed E-state index contributed by atoms with van der Waals surface area (Å²) in [5.41, 5.74) is 8.21. The SMILES string of the molecule is CC(C)N1CCN(c2ccc(C3=C(c4ccc(C(=O)O)cc4)CCc4ccc(O)cc43)cc2)CC1. The predicted octanol–water partition coefficient (Wildman–Crippen LogP) is 5.53. The van der Waals surface area contributed by atoms with E-state index in [0.29, 0.717) is 6.04 Å². The van der Waals surface area contributed by atoms with Crippen LogP contribution in [0.25, 0.3) is 11.1 Å². The molecule has 180 valence electrons. The lowest BCUT2D eigenvalue weighted by molar-refractivity contribution is 0.0697. The maximum Gasteiger partial charge on any atom is 0.335 e. The van der Waals surface area contributed by atoms with E-state index >= 15 is 0 Å². The van der Waals surface area contributed by atoms with Gasteiger partial charge in [-0.05, 0) is 96.5 Å². The normalized spacial score (nSPS) is 16.5. The minimum Gasteiger partial charge on any atom is -0.508 e. The Bertz CT molecular complexity index is 1250. The molecule has 1 fully saturated rings. The van der Waals surface area contributed by atoms with Crippen LogP contribution >= 0.6 is 0 Å². The van der Waals surface area contributed by atoms with Crippen molar-refractivity contribution >= 4 is 22.8 Å². The Hall–Kier alpha value is -3.57. The number of allylic oxidation sites excluding steroid dienone is 1. The fraction of sp³-hybridized carbons (Fsp3) is 0.300. The third-order valence-corrected chi connectivity index (χ3v) is 7.35. The van der Waals surface area contributed by atoms with Gasteiger partial charge in [0.1, 0.15) is 5.75 Å². The molecule has 5 nitrogen and oxygen atoms in total. The van der Waals surface area contributed by atoms with E-state index in [0.717, 1.165) is 61.3 Å². The van der Waals surface area contributed by atoms with Gasteiger partial charge in [0, 0.05) is 37.9 Å². The van der Waals surface area contributed by atoms with Gasteiger partial charge < -0.3 is 15.1 Å². The summed E-state index contributed by atoms with van der Waals surface area (Å²) >= 11 is 0. The van der Waals surface area contributed by atoms with Crippen molar-refractivity contribution in [2.45, 2.75) is 32.7 Å². The number of phenols is 1. The summed E-state index contributed by atoms with van der Waals surface area (Å²) in [5.74, 6) is -0.669. The van der Waals surface area contributed by atoms with Gasteiger partial charge in [0.2, 0.25) is 0 Å². The van der Waals surface area contributed by atoms with Crippen molar-refractivity contribution in [1.82, 2.24) is 4.90 Å². The number of phenolic OH excluding ortho intramolecular Hbond substituents is 1. The summed E-state index contributed by atoms with van der Waals surface area (Å²) in [6.07, 6.45) is 1.74. The highest BCUT2D eigenvalue weighted by Crippen LogP contribution is 2.42. The number of carboxylic acid groups (broad SMARTS) is 1. The summed E-state index contributed by atoms with van der Waals surface area (Å²) in [5, 5.41) is 19.6. The van der Waals surface area contributed by atoms with Crippen LogP contribution in [0.5, 0.6) is 5.75 Å². The lowest BCUT2D eigenvalue weighted by atomic mass is 9.79. The molecule has 1 aliphatic carbocycles. The molecule has 0 amide bonds. The summed E-state index contributed by atoms with van der Waals surface area (Å²) in [6, 6.07) is 22.1. The number of hydrogen-bond acceptors (Lipinski definition) is 4. The van der Waals surface area contributed by atoms with E-state index in [-0.39, 0.29) is 11.3 Å². The van der Waals surface area contributed by atoms with Gasteiger partial charge in [0.15, 0.2) is 0 Å². The largest absolute Gasteiger partial charge is 0.508 e. The number of aromatic carboxylic acids is 1. The Labute approximate surface area is 206 Å². The van der Waals surface area contributed by atoms with Crippen LogP contribution in [0.3, 0.4) is 0 Å². The monoisotopic (exact) mass is 468 g/mol. The van der Waals surface area contributed by atoms with Crippen LogP contribution in [-0.2, 0) is 6.42 Å². The average Bonchev–Trinajstić information content (AvgIpc) is 2.88. The Morgan fingerprint density at radius 3 is 2.11 bits per heavy atom. The highest BCUT2D eigenvalue weighted by Gasteiger charge is 2.23. The molecule has 0 radical (unpaired) electrons. The van der Waals surface area contributed by atoms with Crippen molar-refractivity contribution in [1.29, 1.82) is 0 Å². The molecule has 0 bridgehead atoms. The molecule has 3 aromatic carbocycles. The van der Waals surface area contributed by atoms with Gasteiger partial charge in [-0.25, -0.2) is 4.79 Å². The molecule has 0 aromatic heterocycles. The molecule has 2 N–H and O–H groups in total. The van der Waals surface area contributed by atoms with Crippen molar-refractivity contribution in [3.8, 4) is 5.75 Å². The molecule has 5 rings (SSSR count). The van der Waals surface area contributed by atoms with Gasteiger partial charge in [-0.15, -0.1) is 0 Å². The summed E-state index contributed by atoms with van der Waals surface area (Å²) < 4.78 is 0. The van der Waals surface area contributed by atoms with Crippen LogP contribution in [0.1, 0.15) is 52.9 Å². The number of hydrogen-bond donors (Lipinski definition) is 2. The van der Waals surface area contributed by atoms with Crippen LogP contribution in [0.2, 0.25) is 0 Å². The number of fused-ring (bicyclic) bond motifs is 1. The number of piperazine rings is 1. The van der Waals surface area contributed by atoms with E-state index in [1.54, 1.807) is 18.2 Å². The first-order chi connectivity index (χ1) is 16.9. The van der Waals surface area contributed by atoms with Gasteiger partial charge in [0.05, 0.1) is 5.56 Å². The smallest absolute Gasteiger partial charge is 0.335 e. The van der Waals surface area contributed by atoms with Crippen molar-refractivity contribution in [3.05, 3.63) is 94.5 Å². The lowest BCUT2D eigenvalue weighted by Gasteiger charge is -2.38. The lowest BCUT2D eigenvalue weighted by Crippen LogP contribution is -2.48. The zero-order chi connectivity index (χ0) is 24.5. The van der Waals surface area contributed by atoms with Gasteiger partial charge in [-0.3, -0.25) is 4.90 Å². The summed E-state index contributed by atoms with van der Waals surface area (Å²) in [6.45, 7) is 8.72. The fourth-order valence-electron chi connectivity index (χ4n) is 5.33. The van der Waals surface area contributed by atoms with Crippen LogP contribution < -0.4 is 4.90 Å². The number of anilines is 1. The second-order valence-corrected chi connectivity index (χ2v) is 9.74. The van der Waals surface area contributed by atoms with Gasteiger partial charge in [-0.2, -0.15) is 0 Å². The van der Waals surface area contributed by atoms with Gasteiger partial charge >= 0.3 is 5.97 Å². The Balaban J connectivity index is 1.52. The molecule has 35 heavy (non-hydrogen) atoms. The number of benzene rings is 3. The Kier molecular flexibility index (Phi) is 6.35. The molecule has 1 aliphatic heterocycles. The van der Waals surface area contributed by atoms with Crippen molar-refractivity contribution in [3.63, 3.8) is 0 Å². The Morgan fingerprint density at radius 1 is 0.829 bits per heavy atom. The number of carboxylic acids is 1.